The molecule has 1 N–H and O–H groups in total. The highest BCUT2D eigenvalue weighted by molar-refractivity contribution is 6.14. The third kappa shape index (κ3) is 2.79. The number of amides is 1. The standard InChI is InChI=1S/C17H19NO4/c1-4-13-10-17(13,11(3)19)16(21)18-14-8-6-12(7-9-14)15(20)22-5-2/h4,6-9,13H,1,5,10H2,2-3H3,(H,18,21). The number of hydrogen-bond donors (Lipinski definition) is 1. The van der Waals surface area contributed by atoms with E-state index in [0.29, 0.717) is 24.3 Å². The minimum absolute atomic E-state index is 0.108. The molecule has 1 fully saturated rings. The van der Waals surface area contributed by atoms with E-state index >= 15 is 0 Å². The van der Waals surface area contributed by atoms with Crippen molar-refractivity contribution in [3.63, 3.8) is 0 Å². The lowest BCUT2D eigenvalue weighted by molar-refractivity contribution is -0.132. The molecule has 0 radical (unpaired) electrons. The van der Waals surface area contributed by atoms with Crippen molar-refractivity contribution in [3.8, 4) is 0 Å². The highest BCUT2D eigenvalue weighted by Gasteiger charge is 2.62. The average molecular weight is 301 g/mol. The van der Waals surface area contributed by atoms with Gasteiger partial charge in [-0.05, 0) is 50.5 Å². The second-order valence-electron chi connectivity index (χ2n) is 5.33. The monoisotopic (exact) mass is 301 g/mol. The molecular weight excluding hydrogens is 282 g/mol. The molecule has 2 atom stereocenters. The first-order valence-corrected chi connectivity index (χ1v) is 7.18. The number of esters is 1. The van der Waals surface area contributed by atoms with Crippen LogP contribution >= 0.6 is 0 Å². The van der Waals surface area contributed by atoms with Crippen LogP contribution in [0.5, 0.6) is 0 Å². The lowest BCUT2D eigenvalue weighted by Gasteiger charge is -2.13. The van der Waals surface area contributed by atoms with E-state index in [-0.39, 0.29) is 17.6 Å². The number of allylic oxidation sites excluding steroid dienone is 1. The van der Waals surface area contributed by atoms with Gasteiger partial charge in [-0.15, -0.1) is 6.58 Å². The zero-order chi connectivity index (χ0) is 16.3. The fourth-order valence-corrected chi connectivity index (χ4v) is 2.54. The fraction of sp³-hybridized carbons (Fsp3) is 0.353. The molecule has 0 heterocycles. The first-order chi connectivity index (χ1) is 10.5. The third-order valence-electron chi connectivity index (χ3n) is 3.99. The summed E-state index contributed by atoms with van der Waals surface area (Å²) in [6.07, 6.45) is 2.14. The van der Waals surface area contributed by atoms with Crippen molar-refractivity contribution < 1.29 is 19.1 Å². The number of ether oxygens (including phenoxy) is 1. The molecule has 1 aliphatic carbocycles. The minimum Gasteiger partial charge on any atom is -0.462 e. The van der Waals surface area contributed by atoms with Crippen LogP contribution in [0.15, 0.2) is 36.9 Å². The van der Waals surface area contributed by atoms with Gasteiger partial charge >= 0.3 is 5.97 Å². The Labute approximate surface area is 129 Å². The predicted molar refractivity (Wildman–Crippen MR) is 82.4 cm³/mol. The highest BCUT2D eigenvalue weighted by atomic mass is 16.5. The summed E-state index contributed by atoms with van der Waals surface area (Å²) in [6, 6.07) is 6.38. The van der Waals surface area contributed by atoms with E-state index in [2.05, 4.69) is 11.9 Å². The van der Waals surface area contributed by atoms with Gasteiger partial charge in [-0.1, -0.05) is 6.08 Å². The molecule has 116 valence electrons. The molecule has 2 rings (SSSR count). The number of nitrogens with one attached hydrogen (secondary N) is 1. The SMILES string of the molecule is C=CC1CC1(C(C)=O)C(=O)Nc1ccc(C(=O)OCC)cc1. The van der Waals surface area contributed by atoms with Crippen molar-refractivity contribution in [1.82, 2.24) is 0 Å². The van der Waals surface area contributed by atoms with Gasteiger partial charge in [-0.25, -0.2) is 4.79 Å². The van der Waals surface area contributed by atoms with Crippen LogP contribution in [0.3, 0.4) is 0 Å². The van der Waals surface area contributed by atoms with Gasteiger partial charge < -0.3 is 10.1 Å². The Kier molecular flexibility index (Phi) is 4.45. The summed E-state index contributed by atoms with van der Waals surface area (Å²) in [5.74, 6) is -0.995. The molecule has 1 saturated carbocycles. The normalized spacial score (nSPS) is 22.5. The topological polar surface area (TPSA) is 72.5 Å². The Morgan fingerprint density at radius 3 is 2.45 bits per heavy atom. The van der Waals surface area contributed by atoms with Gasteiger partial charge in [0.05, 0.1) is 12.2 Å². The number of ketones is 1. The number of Topliss-reactive ketones (excluding diaryl/α,β-unsaturated/α-hetero) is 1. The molecule has 1 amide bonds. The van der Waals surface area contributed by atoms with Gasteiger partial charge in [0.2, 0.25) is 5.91 Å². The third-order valence-corrected chi connectivity index (χ3v) is 3.99. The Morgan fingerprint density at radius 2 is 2.00 bits per heavy atom. The molecule has 0 bridgehead atoms. The summed E-state index contributed by atoms with van der Waals surface area (Å²) >= 11 is 0. The molecule has 22 heavy (non-hydrogen) atoms. The van der Waals surface area contributed by atoms with Crippen LogP contribution in [0.1, 0.15) is 30.6 Å². The van der Waals surface area contributed by atoms with Gasteiger partial charge in [0.15, 0.2) is 0 Å². The van der Waals surface area contributed by atoms with E-state index in [9.17, 15) is 14.4 Å². The fourth-order valence-electron chi connectivity index (χ4n) is 2.54. The van der Waals surface area contributed by atoms with E-state index in [1.807, 2.05) is 0 Å². The largest absolute Gasteiger partial charge is 0.462 e. The number of carbonyl (C=O) groups excluding carboxylic acids is 3. The molecule has 1 aliphatic rings. The molecule has 5 heteroatoms. The van der Waals surface area contributed by atoms with Crippen molar-refractivity contribution in [2.75, 3.05) is 11.9 Å². The smallest absolute Gasteiger partial charge is 0.338 e. The highest BCUT2D eigenvalue weighted by Crippen LogP contribution is 2.54. The molecule has 1 aromatic carbocycles. The zero-order valence-electron chi connectivity index (χ0n) is 12.7. The zero-order valence-corrected chi connectivity index (χ0v) is 12.7. The quantitative estimate of drug-likeness (QED) is 0.498. The Bertz CT molecular complexity index is 620. The number of carbonyl (C=O) groups is 3. The van der Waals surface area contributed by atoms with Crippen LogP contribution in [-0.4, -0.2) is 24.3 Å². The Morgan fingerprint density at radius 1 is 1.36 bits per heavy atom. The van der Waals surface area contributed by atoms with Crippen LogP contribution in [-0.2, 0) is 14.3 Å². The van der Waals surface area contributed by atoms with Crippen molar-refractivity contribution in [1.29, 1.82) is 0 Å². The maximum absolute atomic E-state index is 12.4. The summed E-state index contributed by atoms with van der Waals surface area (Å²) in [6.45, 7) is 7.12. The second kappa shape index (κ2) is 6.13. The summed E-state index contributed by atoms with van der Waals surface area (Å²) in [7, 11) is 0. The van der Waals surface area contributed by atoms with E-state index in [0.717, 1.165) is 0 Å². The summed E-state index contributed by atoms with van der Waals surface area (Å²) < 4.78 is 4.89. The maximum atomic E-state index is 12.4. The van der Waals surface area contributed by atoms with Crippen molar-refractivity contribution in [2.24, 2.45) is 11.3 Å². The van der Waals surface area contributed by atoms with Crippen molar-refractivity contribution in [3.05, 3.63) is 42.5 Å². The molecule has 2 unspecified atom stereocenters. The summed E-state index contributed by atoms with van der Waals surface area (Å²) in [4.78, 5) is 35.7. The lowest BCUT2D eigenvalue weighted by atomic mass is 9.97. The molecule has 5 nitrogen and oxygen atoms in total. The van der Waals surface area contributed by atoms with E-state index in [4.69, 9.17) is 4.74 Å². The van der Waals surface area contributed by atoms with Gasteiger partial charge in [0.1, 0.15) is 11.2 Å². The van der Waals surface area contributed by atoms with Gasteiger partial charge in [-0.2, -0.15) is 0 Å². The van der Waals surface area contributed by atoms with Crippen LogP contribution < -0.4 is 5.32 Å². The van der Waals surface area contributed by atoms with Crippen molar-refractivity contribution >= 4 is 23.3 Å². The van der Waals surface area contributed by atoms with Gasteiger partial charge in [0, 0.05) is 5.69 Å². The number of benzene rings is 1. The van der Waals surface area contributed by atoms with E-state index in [1.54, 1.807) is 37.3 Å². The van der Waals surface area contributed by atoms with Gasteiger partial charge in [-0.3, -0.25) is 9.59 Å². The predicted octanol–water partition coefficient (Wildman–Crippen LogP) is 2.58. The Balaban J connectivity index is 2.08. The van der Waals surface area contributed by atoms with Crippen LogP contribution in [0, 0.1) is 11.3 Å². The number of anilines is 1. The van der Waals surface area contributed by atoms with Crippen LogP contribution in [0.25, 0.3) is 0 Å². The molecular formula is C17H19NO4. The molecule has 0 aliphatic heterocycles. The number of rotatable bonds is 6. The molecule has 0 aromatic heterocycles. The minimum atomic E-state index is -0.985. The molecule has 0 spiro atoms. The Hall–Kier alpha value is -2.43. The number of hydrogen-bond acceptors (Lipinski definition) is 4. The van der Waals surface area contributed by atoms with Crippen molar-refractivity contribution in [2.45, 2.75) is 20.3 Å². The van der Waals surface area contributed by atoms with Crippen LogP contribution in [0.4, 0.5) is 5.69 Å². The van der Waals surface area contributed by atoms with E-state index in [1.165, 1.54) is 6.92 Å². The summed E-state index contributed by atoms with van der Waals surface area (Å²) in [5, 5.41) is 2.73. The van der Waals surface area contributed by atoms with E-state index < -0.39 is 11.4 Å². The first-order valence-electron chi connectivity index (χ1n) is 7.18. The maximum Gasteiger partial charge on any atom is 0.338 e. The average Bonchev–Trinajstić information content (AvgIpc) is 3.24. The summed E-state index contributed by atoms with van der Waals surface area (Å²) in [5.41, 5.74) is -0.0356. The second-order valence-corrected chi connectivity index (χ2v) is 5.33. The van der Waals surface area contributed by atoms with Gasteiger partial charge in [0.25, 0.3) is 0 Å². The molecule has 1 aromatic rings. The first kappa shape index (κ1) is 15.9. The van der Waals surface area contributed by atoms with Crippen LogP contribution in [0.2, 0.25) is 0 Å². The lowest BCUT2D eigenvalue weighted by Crippen LogP contribution is -2.31. The molecule has 0 saturated heterocycles.